The van der Waals surface area contributed by atoms with E-state index in [0.717, 1.165) is 38.5 Å². The molecule has 0 heterocycles. The van der Waals surface area contributed by atoms with Crippen molar-refractivity contribution in [3.63, 3.8) is 0 Å². The number of esters is 2. The number of carbonyl (C=O) groups is 2. The van der Waals surface area contributed by atoms with Crippen LogP contribution >= 0.6 is 7.82 Å². The van der Waals surface area contributed by atoms with Crippen LogP contribution in [0.25, 0.3) is 0 Å². The lowest BCUT2D eigenvalue weighted by molar-refractivity contribution is -0.870. The Morgan fingerprint density at radius 3 is 0.976 bits per heavy atom. The Labute approximate surface area is 510 Å². The van der Waals surface area contributed by atoms with E-state index < -0.39 is 26.5 Å². The predicted molar refractivity (Wildman–Crippen MR) is 354 cm³/mol. The zero-order valence-corrected chi connectivity index (χ0v) is 56.1. The van der Waals surface area contributed by atoms with E-state index in [1.54, 1.807) is 0 Å². The molecule has 0 aliphatic rings. The van der Waals surface area contributed by atoms with Crippen molar-refractivity contribution in [2.24, 2.45) is 0 Å². The molecular weight excluding hydrogens is 1040 g/mol. The van der Waals surface area contributed by atoms with Gasteiger partial charge in [-0.15, -0.1) is 0 Å². The molecule has 0 amide bonds. The number of rotatable bonds is 67. The normalized spacial score (nSPS) is 13.3. The van der Waals surface area contributed by atoms with Crippen molar-refractivity contribution in [1.29, 1.82) is 0 Å². The Morgan fingerprint density at radius 2 is 0.659 bits per heavy atom. The highest BCUT2D eigenvalue weighted by Gasteiger charge is 2.27. The Kier molecular flexibility index (Phi) is 62.3. The van der Waals surface area contributed by atoms with Gasteiger partial charge in [0.25, 0.3) is 0 Å². The minimum absolute atomic E-state index is 0.0344. The lowest BCUT2D eigenvalue weighted by Crippen LogP contribution is -2.37. The number of nitrogens with zero attached hydrogens (tertiary/aromatic N) is 1. The van der Waals surface area contributed by atoms with Crippen LogP contribution in [0.3, 0.4) is 0 Å². The highest BCUT2D eigenvalue weighted by Crippen LogP contribution is 2.43. The minimum Gasteiger partial charge on any atom is -0.462 e. The van der Waals surface area contributed by atoms with Gasteiger partial charge in [0.2, 0.25) is 0 Å². The number of phosphoric ester groups is 1. The van der Waals surface area contributed by atoms with Crippen LogP contribution in [0.1, 0.15) is 361 Å². The summed E-state index contributed by atoms with van der Waals surface area (Å²) in [7, 11) is 1.50. The van der Waals surface area contributed by atoms with Gasteiger partial charge < -0.3 is 18.9 Å². The molecule has 10 heteroatoms. The summed E-state index contributed by atoms with van der Waals surface area (Å²) in [6.07, 6.45) is 81.1. The number of hydrogen-bond acceptors (Lipinski definition) is 7. The molecule has 0 aromatic rings. The lowest BCUT2D eigenvalue weighted by Gasteiger charge is -2.24. The summed E-state index contributed by atoms with van der Waals surface area (Å²) < 4.78 is 34.8. The molecule has 0 saturated carbocycles. The van der Waals surface area contributed by atoms with E-state index in [-0.39, 0.29) is 25.6 Å². The summed E-state index contributed by atoms with van der Waals surface area (Å²) in [5.74, 6) is -0.776. The summed E-state index contributed by atoms with van der Waals surface area (Å²) in [5.41, 5.74) is 0. The molecule has 0 fully saturated rings. The van der Waals surface area contributed by atoms with Crippen molar-refractivity contribution >= 4 is 19.8 Å². The first-order valence-corrected chi connectivity index (χ1v) is 37.2. The maximum Gasteiger partial charge on any atom is 0.472 e. The van der Waals surface area contributed by atoms with Crippen LogP contribution in [0, 0.1) is 0 Å². The summed E-state index contributed by atoms with van der Waals surface area (Å²) >= 11 is 0. The van der Waals surface area contributed by atoms with Gasteiger partial charge in [0.15, 0.2) is 6.10 Å². The molecule has 0 aromatic carbocycles. The molecule has 0 saturated heterocycles. The number of carbonyl (C=O) groups excluding carboxylic acids is 2. The molecule has 0 spiro atoms. The molecule has 0 rings (SSSR count). The number of phosphoric acid groups is 1. The van der Waals surface area contributed by atoms with Gasteiger partial charge in [-0.25, -0.2) is 4.57 Å². The van der Waals surface area contributed by atoms with E-state index >= 15 is 0 Å². The number of unbranched alkanes of at least 4 members (excludes halogenated alkanes) is 47. The molecule has 1 N–H and O–H groups in total. The van der Waals surface area contributed by atoms with Gasteiger partial charge in [0.05, 0.1) is 27.7 Å². The number of ether oxygens (including phenoxy) is 2. The quantitative estimate of drug-likeness (QED) is 0.0211. The van der Waals surface area contributed by atoms with Crippen molar-refractivity contribution < 1.29 is 42.1 Å². The van der Waals surface area contributed by atoms with Gasteiger partial charge in [-0.3, -0.25) is 18.6 Å². The van der Waals surface area contributed by atoms with Gasteiger partial charge in [-0.2, -0.15) is 0 Å². The second-order valence-electron chi connectivity index (χ2n) is 25.6. The molecule has 2 unspecified atom stereocenters. The standard InChI is InChI=1S/C72H138NO8P/c1-6-8-10-12-14-16-18-20-22-24-26-28-30-32-34-36-38-40-42-44-46-48-50-52-54-56-58-60-62-64-71(74)78-68-70(69-80-82(76,77)79-67-66-73(3,4)5)81-72(75)65-63-61-59-57-55-53-51-49-47-45-43-41-39-37-35-33-31-29-27-25-23-21-19-17-15-13-11-9-7-2/h19,21,24-27,70H,6-18,20,22-23,28-69H2,1-5H3/p+1/b21-19-,26-24-,27-25-. The zero-order valence-electron chi connectivity index (χ0n) is 55.3. The maximum atomic E-state index is 12.9. The van der Waals surface area contributed by atoms with Crippen LogP contribution in [-0.2, 0) is 32.7 Å². The van der Waals surface area contributed by atoms with Crippen LogP contribution in [0.4, 0.5) is 0 Å². The minimum atomic E-state index is -4.39. The average molecular weight is 1180 g/mol. The SMILES string of the molecule is CCCCCCC/C=C\C/C=C\CCCCCCCCCCCCCCCCCCCC(=O)OC(COC(=O)CCCCCCCCCCCCCCCCCCC/C=C\CCCCCCCCCC)COP(=O)(O)OCC[N+](C)(C)C. The third kappa shape index (κ3) is 67.4. The number of hydrogen-bond donors (Lipinski definition) is 1. The van der Waals surface area contributed by atoms with Crippen LogP contribution in [-0.4, -0.2) is 74.9 Å². The first-order valence-electron chi connectivity index (χ1n) is 35.7. The highest BCUT2D eigenvalue weighted by atomic mass is 31.2. The molecule has 0 aliphatic heterocycles. The first kappa shape index (κ1) is 80.2. The van der Waals surface area contributed by atoms with Crippen molar-refractivity contribution in [2.45, 2.75) is 367 Å². The largest absolute Gasteiger partial charge is 0.472 e. The van der Waals surface area contributed by atoms with E-state index in [9.17, 15) is 19.0 Å². The number of quaternary nitrogens is 1. The van der Waals surface area contributed by atoms with E-state index in [4.69, 9.17) is 18.5 Å². The van der Waals surface area contributed by atoms with Crippen molar-refractivity contribution in [3.05, 3.63) is 36.5 Å². The van der Waals surface area contributed by atoms with E-state index in [0.29, 0.717) is 23.9 Å². The first-order chi connectivity index (χ1) is 40.0. The van der Waals surface area contributed by atoms with Crippen molar-refractivity contribution in [3.8, 4) is 0 Å². The van der Waals surface area contributed by atoms with Crippen LogP contribution in [0.2, 0.25) is 0 Å². The van der Waals surface area contributed by atoms with Gasteiger partial charge in [-0.1, -0.05) is 314 Å². The summed E-state index contributed by atoms with van der Waals surface area (Å²) in [6.45, 7) is 4.49. The fraction of sp³-hybridized carbons (Fsp3) is 0.889. The van der Waals surface area contributed by atoms with Crippen LogP contribution in [0.15, 0.2) is 36.5 Å². The number of allylic oxidation sites excluding steroid dienone is 6. The highest BCUT2D eigenvalue weighted by molar-refractivity contribution is 7.47. The number of likely N-dealkylation sites (N-methyl/N-ethyl adjacent to an activating group) is 1. The summed E-state index contributed by atoms with van der Waals surface area (Å²) in [5, 5.41) is 0. The smallest absolute Gasteiger partial charge is 0.462 e. The van der Waals surface area contributed by atoms with Gasteiger partial charge in [-0.05, 0) is 70.6 Å². The predicted octanol–water partition coefficient (Wildman–Crippen LogP) is 23.1. The lowest BCUT2D eigenvalue weighted by atomic mass is 10.0. The monoisotopic (exact) mass is 1180 g/mol. The molecule has 0 bridgehead atoms. The van der Waals surface area contributed by atoms with Crippen LogP contribution < -0.4 is 0 Å². The third-order valence-electron chi connectivity index (χ3n) is 16.1. The third-order valence-corrected chi connectivity index (χ3v) is 17.1. The molecule has 9 nitrogen and oxygen atoms in total. The van der Waals surface area contributed by atoms with E-state index in [1.165, 1.54) is 289 Å². The molecule has 0 radical (unpaired) electrons. The van der Waals surface area contributed by atoms with Gasteiger partial charge >= 0.3 is 19.8 Å². The second kappa shape index (κ2) is 63.7. The van der Waals surface area contributed by atoms with Crippen LogP contribution in [0.5, 0.6) is 0 Å². The molecular formula is C72H139NO8P+. The topological polar surface area (TPSA) is 108 Å². The van der Waals surface area contributed by atoms with E-state index in [2.05, 4.69) is 50.3 Å². The summed E-state index contributed by atoms with van der Waals surface area (Å²) in [4.78, 5) is 35.9. The zero-order chi connectivity index (χ0) is 59.8. The Hall–Kier alpha value is -1.77. The molecule has 0 aliphatic carbocycles. The summed E-state index contributed by atoms with van der Waals surface area (Å²) in [6, 6.07) is 0. The maximum absolute atomic E-state index is 12.9. The Bertz CT molecular complexity index is 1480. The second-order valence-corrected chi connectivity index (χ2v) is 27.1. The van der Waals surface area contributed by atoms with Crippen molar-refractivity contribution in [2.75, 3.05) is 47.5 Å². The van der Waals surface area contributed by atoms with E-state index in [1.807, 2.05) is 21.1 Å². The fourth-order valence-corrected chi connectivity index (χ4v) is 11.4. The molecule has 2 atom stereocenters. The fourth-order valence-electron chi connectivity index (χ4n) is 10.6. The average Bonchev–Trinajstić information content (AvgIpc) is 3.45. The molecule has 0 aromatic heterocycles. The molecule has 82 heavy (non-hydrogen) atoms. The van der Waals surface area contributed by atoms with Gasteiger partial charge in [0.1, 0.15) is 19.8 Å². The van der Waals surface area contributed by atoms with Crippen molar-refractivity contribution in [1.82, 2.24) is 0 Å². The molecule has 484 valence electrons. The van der Waals surface area contributed by atoms with Gasteiger partial charge in [0, 0.05) is 12.8 Å². The Morgan fingerprint density at radius 1 is 0.378 bits per heavy atom. The Balaban J connectivity index is 3.99.